The minimum Gasteiger partial charge on any atom is -0.550 e. The Kier molecular flexibility index (Phi) is 3.36. The van der Waals surface area contributed by atoms with E-state index in [4.69, 9.17) is 4.43 Å². The van der Waals surface area contributed by atoms with Crippen molar-refractivity contribution in [3.63, 3.8) is 0 Å². The molecule has 0 aliphatic heterocycles. The van der Waals surface area contributed by atoms with Crippen molar-refractivity contribution in [3.8, 4) is 0 Å². The maximum Gasteiger partial charge on any atom is 0.241 e. The molecule has 2 heteroatoms. The van der Waals surface area contributed by atoms with E-state index in [9.17, 15) is 0 Å². The predicted molar refractivity (Wildman–Crippen MR) is 53.0 cm³/mol. The van der Waals surface area contributed by atoms with Gasteiger partial charge in [-0.1, -0.05) is 20.8 Å². The Hall–Kier alpha value is -0.243. The Bertz CT molecular complexity index is 137. The lowest BCUT2D eigenvalue weighted by Crippen LogP contribution is -2.22. The van der Waals surface area contributed by atoms with Gasteiger partial charge in [0.1, 0.15) is 0 Å². The molecular weight excluding hydrogens is 152 g/mol. The second kappa shape index (κ2) is 3.44. The lowest BCUT2D eigenvalue weighted by atomic mass is 9.98. The van der Waals surface area contributed by atoms with Crippen LogP contribution >= 0.6 is 0 Å². The molecule has 0 radical (unpaired) electrons. The molecule has 0 aromatic heterocycles. The summed E-state index contributed by atoms with van der Waals surface area (Å²) >= 11 is 0. The number of rotatable bonds is 2. The highest BCUT2D eigenvalue weighted by molar-refractivity contribution is 6.69. The first-order valence-electron chi connectivity index (χ1n) is 4.06. The zero-order valence-corrected chi connectivity index (χ0v) is 9.56. The normalized spacial score (nSPS) is 14.0. The molecule has 0 atom stereocenters. The van der Waals surface area contributed by atoms with Gasteiger partial charge in [-0.25, -0.2) is 0 Å². The van der Waals surface area contributed by atoms with Gasteiger partial charge in [-0.05, 0) is 31.1 Å². The first-order valence-corrected chi connectivity index (χ1v) is 7.47. The first kappa shape index (κ1) is 10.8. The summed E-state index contributed by atoms with van der Waals surface area (Å²) < 4.78 is 5.56. The van der Waals surface area contributed by atoms with Gasteiger partial charge in [0.15, 0.2) is 0 Å². The second-order valence-electron chi connectivity index (χ2n) is 4.90. The highest BCUT2D eigenvalue weighted by atomic mass is 28.4. The van der Waals surface area contributed by atoms with E-state index in [0.717, 1.165) is 0 Å². The minimum atomic E-state index is -1.34. The highest BCUT2D eigenvalue weighted by Gasteiger charge is 2.13. The molecule has 0 rings (SSSR count). The zero-order valence-electron chi connectivity index (χ0n) is 8.56. The molecule has 0 saturated carbocycles. The average molecular weight is 172 g/mol. The van der Waals surface area contributed by atoms with Gasteiger partial charge in [0, 0.05) is 0 Å². The molecule has 0 bridgehead atoms. The van der Waals surface area contributed by atoms with Crippen LogP contribution in [0, 0.1) is 5.41 Å². The molecule has 0 aliphatic carbocycles. The lowest BCUT2D eigenvalue weighted by molar-refractivity contribution is 0.453. The lowest BCUT2D eigenvalue weighted by Gasteiger charge is -2.17. The Labute approximate surface area is 71.6 Å². The molecule has 66 valence electrons. The van der Waals surface area contributed by atoms with E-state index in [-0.39, 0.29) is 5.41 Å². The van der Waals surface area contributed by atoms with Crippen LogP contribution in [0.3, 0.4) is 0 Å². The molecule has 0 aliphatic rings. The van der Waals surface area contributed by atoms with Gasteiger partial charge in [0.25, 0.3) is 0 Å². The van der Waals surface area contributed by atoms with Crippen LogP contribution in [-0.2, 0) is 4.43 Å². The molecule has 11 heavy (non-hydrogen) atoms. The van der Waals surface area contributed by atoms with Crippen molar-refractivity contribution >= 4 is 8.32 Å². The van der Waals surface area contributed by atoms with Crippen LogP contribution in [0.4, 0.5) is 0 Å². The van der Waals surface area contributed by atoms with E-state index in [1.54, 1.807) is 0 Å². The van der Waals surface area contributed by atoms with Crippen LogP contribution in [0.15, 0.2) is 12.3 Å². The highest BCUT2D eigenvalue weighted by Crippen LogP contribution is 2.15. The van der Waals surface area contributed by atoms with E-state index < -0.39 is 8.32 Å². The van der Waals surface area contributed by atoms with Crippen molar-refractivity contribution in [3.05, 3.63) is 12.3 Å². The molecule has 1 nitrogen and oxygen atoms in total. The fourth-order valence-corrected chi connectivity index (χ4v) is 0.919. The van der Waals surface area contributed by atoms with Crippen molar-refractivity contribution in [2.45, 2.75) is 40.4 Å². The van der Waals surface area contributed by atoms with Gasteiger partial charge in [0.05, 0.1) is 6.26 Å². The van der Waals surface area contributed by atoms with Crippen molar-refractivity contribution in [2.24, 2.45) is 5.41 Å². The van der Waals surface area contributed by atoms with Crippen molar-refractivity contribution in [1.82, 2.24) is 0 Å². The summed E-state index contributed by atoms with van der Waals surface area (Å²) in [6, 6.07) is 0. The molecule has 0 aromatic carbocycles. The van der Waals surface area contributed by atoms with Gasteiger partial charge in [-0.15, -0.1) is 0 Å². The molecule has 0 spiro atoms. The molecule has 0 unspecified atom stereocenters. The molecule has 0 N–H and O–H groups in total. The minimum absolute atomic E-state index is 0.236. The van der Waals surface area contributed by atoms with E-state index >= 15 is 0 Å². The summed E-state index contributed by atoms with van der Waals surface area (Å²) in [5.41, 5.74) is 0.236. The second-order valence-corrected chi connectivity index (χ2v) is 9.36. The summed E-state index contributed by atoms with van der Waals surface area (Å²) in [6.45, 7) is 13.0. The third-order valence-electron chi connectivity index (χ3n) is 0.990. The van der Waals surface area contributed by atoms with Gasteiger partial charge in [0.2, 0.25) is 8.32 Å². The summed E-state index contributed by atoms with van der Waals surface area (Å²) in [7, 11) is -1.34. The van der Waals surface area contributed by atoms with Crippen molar-refractivity contribution in [2.75, 3.05) is 0 Å². The van der Waals surface area contributed by atoms with Crippen LogP contribution in [-0.4, -0.2) is 8.32 Å². The van der Waals surface area contributed by atoms with Crippen molar-refractivity contribution in [1.29, 1.82) is 0 Å². The van der Waals surface area contributed by atoms with E-state index in [1.807, 2.05) is 6.26 Å². The average Bonchev–Trinajstić information content (AvgIpc) is 1.55. The van der Waals surface area contributed by atoms with Gasteiger partial charge in [-0.2, -0.15) is 0 Å². The Morgan fingerprint density at radius 1 is 1.09 bits per heavy atom. The Morgan fingerprint density at radius 2 is 1.55 bits per heavy atom. The summed E-state index contributed by atoms with van der Waals surface area (Å²) in [4.78, 5) is 0. The summed E-state index contributed by atoms with van der Waals surface area (Å²) in [6.07, 6.45) is 3.96. The van der Waals surface area contributed by atoms with Gasteiger partial charge < -0.3 is 4.43 Å². The fraction of sp³-hybridized carbons (Fsp3) is 0.778. The molecular formula is C9H20OSi. The SMILES string of the molecule is CC(C)(C)/C=C/O[Si](C)(C)C. The topological polar surface area (TPSA) is 9.23 Å². The van der Waals surface area contributed by atoms with Crippen molar-refractivity contribution < 1.29 is 4.43 Å². The molecule has 0 saturated heterocycles. The quantitative estimate of drug-likeness (QED) is 0.458. The molecule has 0 heterocycles. The van der Waals surface area contributed by atoms with Gasteiger partial charge >= 0.3 is 0 Å². The van der Waals surface area contributed by atoms with Crippen LogP contribution in [0.5, 0.6) is 0 Å². The molecule has 0 amide bonds. The maximum atomic E-state index is 5.56. The summed E-state index contributed by atoms with van der Waals surface area (Å²) in [5.74, 6) is 0. The molecule has 0 aromatic rings. The van der Waals surface area contributed by atoms with Gasteiger partial charge in [-0.3, -0.25) is 0 Å². The monoisotopic (exact) mass is 172 g/mol. The van der Waals surface area contributed by atoms with Crippen LogP contribution < -0.4 is 0 Å². The largest absolute Gasteiger partial charge is 0.550 e. The van der Waals surface area contributed by atoms with E-state index in [1.165, 1.54) is 0 Å². The summed E-state index contributed by atoms with van der Waals surface area (Å²) in [5, 5.41) is 0. The maximum absolute atomic E-state index is 5.56. The number of allylic oxidation sites excluding steroid dienone is 1. The van der Waals surface area contributed by atoms with Crippen LogP contribution in [0.2, 0.25) is 19.6 Å². The van der Waals surface area contributed by atoms with Crippen LogP contribution in [0.25, 0.3) is 0 Å². The van der Waals surface area contributed by atoms with Crippen LogP contribution in [0.1, 0.15) is 20.8 Å². The standard InChI is InChI=1S/C9H20OSi/c1-9(2,3)7-8-10-11(4,5)6/h7-8H,1-6H3/b8-7+. The molecule has 0 fully saturated rings. The number of hydrogen-bond acceptors (Lipinski definition) is 1. The first-order chi connectivity index (χ1) is 4.71. The van der Waals surface area contributed by atoms with E-state index in [0.29, 0.717) is 0 Å². The fourth-order valence-electron chi connectivity index (χ4n) is 0.442. The third-order valence-corrected chi connectivity index (χ3v) is 1.83. The Balaban J connectivity index is 3.80. The smallest absolute Gasteiger partial charge is 0.241 e. The number of hydrogen-bond donors (Lipinski definition) is 0. The Morgan fingerprint density at radius 3 is 1.82 bits per heavy atom. The third kappa shape index (κ3) is 9.76. The zero-order chi connectivity index (χ0) is 9.12. The predicted octanol–water partition coefficient (Wildman–Crippen LogP) is 3.40. The van der Waals surface area contributed by atoms with E-state index in [2.05, 4.69) is 46.5 Å².